The predicted molar refractivity (Wildman–Crippen MR) is 93.6 cm³/mol. The lowest BCUT2D eigenvalue weighted by Crippen LogP contribution is -2.37. The SMILES string of the molecule is Nc1ccc(N)c(C2CCOCC2)c1CCCN1CCOCC1. The molecular weight excluding hydrogens is 290 g/mol. The molecule has 128 valence electrons. The lowest BCUT2D eigenvalue weighted by Gasteiger charge is -2.28. The Morgan fingerprint density at radius 1 is 0.957 bits per heavy atom. The van der Waals surface area contributed by atoms with Gasteiger partial charge in [0.25, 0.3) is 0 Å². The minimum absolute atomic E-state index is 0.491. The van der Waals surface area contributed by atoms with Gasteiger partial charge < -0.3 is 20.9 Å². The van der Waals surface area contributed by atoms with E-state index in [2.05, 4.69) is 4.90 Å². The van der Waals surface area contributed by atoms with Gasteiger partial charge in [-0.3, -0.25) is 4.90 Å². The summed E-state index contributed by atoms with van der Waals surface area (Å²) >= 11 is 0. The smallest absolute Gasteiger partial charge is 0.0594 e. The van der Waals surface area contributed by atoms with Gasteiger partial charge in [0, 0.05) is 37.7 Å². The van der Waals surface area contributed by atoms with Gasteiger partial charge in [-0.05, 0) is 61.4 Å². The van der Waals surface area contributed by atoms with Crippen LogP contribution in [-0.2, 0) is 15.9 Å². The van der Waals surface area contributed by atoms with Gasteiger partial charge in [0.05, 0.1) is 13.2 Å². The lowest BCUT2D eigenvalue weighted by molar-refractivity contribution is 0.0374. The van der Waals surface area contributed by atoms with E-state index in [1.54, 1.807) is 0 Å². The van der Waals surface area contributed by atoms with Crippen LogP contribution in [0.2, 0.25) is 0 Å². The largest absolute Gasteiger partial charge is 0.398 e. The molecule has 0 bridgehead atoms. The van der Waals surface area contributed by atoms with E-state index in [-0.39, 0.29) is 0 Å². The van der Waals surface area contributed by atoms with Crippen molar-refractivity contribution in [3.8, 4) is 0 Å². The van der Waals surface area contributed by atoms with Gasteiger partial charge in [-0.1, -0.05) is 0 Å². The summed E-state index contributed by atoms with van der Waals surface area (Å²) in [5, 5.41) is 0. The predicted octanol–water partition coefficient (Wildman–Crippen LogP) is 2.01. The minimum atomic E-state index is 0.491. The molecule has 0 amide bonds. The van der Waals surface area contributed by atoms with E-state index >= 15 is 0 Å². The minimum Gasteiger partial charge on any atom is -0.398 e. The number of nitrogen functional groups attached to an aromatic ring is 2. The van der Waals surface area contributed by atoms with Crippen molar-refractivity contribution in [3.63, 3.8) is 0 Å². The van der Waals surface area contributed by atoms with Crippen LogP contribution in [0, 0.1) is 0 Å². The molecule has 2 saturated heterocycles. The van der Waals surface area contributed by atoms with Crippen molar-refractivity contribution in [1.82, 2.24) is 4.90 Å². The number of hydrogen-bond donors (Lipinski definition) is 2. The Morgan fingerprint density at radius 2 is 1.61 bits per heavy atom. The second-order valence-electron chi connectivity index (χ2n) is 6.58. The zero-order valence-corrected chi connectivity index (χ0v) is 13.9. The zero-order valence-electron chi connectivity index (χ0n) is 13.9. The van der Waals surface area contributed by atoms with Crippen LogP contribution >= 0.6 is 0 Å². The van der Waals surface area contributed by atoms with Gasteiger partial charge in [-0.2, -0.15) is 0 Å². The standard InChI is InChI=1S/C18H29N3O2/c19-16-3-4-17(20)18(14-5-10-22-11-6-14)15(16)2-1-7-21-8-12-23-13-9-21/h3-4,14H,1-2,5-13,19-20H2. The van der Waals surface area contributed by atoms with Gasteiger partial charge in [-0.25, -0.2) is 0 Å². The van der Waals surface area contributed by atoms with Crippen molar-refractivity contribution in [3.05, 3.63) is 23.3 Å². The summed E-state index contributed by atoms with van der Waals surface area (Å²) in [6, 6.07) is 3.92. The summed E-state index contributed by atoms with van der Waals surface area (Å²) in [5.74, 6) is 0.491. The Kier molecular flexibility index (Phi) is 5.75. The molecule has 1 aromatic carbocycles. The molecule has 0 aromatic heterocycles. The Hall–Kier alpha value is -1.30. The molecule has 23 heavy (non-hydrogen) atoms. The summed E-state index contributed by atoms with van der Waals surface area (Å²) in [6.07, 6.45) is 4.21. The molecule has 0 saturated carbocycles. The molecule has 0 spiro atoms. The zero-order chi connectivity index (χ0) is 16.1. The molecule has 2 fully saturated rings. The van der Waals surface area contributed by atoms with Gasteiger partial charge in [0.15, 0.2) is 0 Å². The normalized spacial score (nSPS) is 20.7. The number of ether oxygens (including phenoxy) is 2. The van der Waals surface area contributed by atoms with Crippen LogP contribution in [-0.4, -0.2) is 51.0 Å². The van der Waals surface area contributed by atoms with E-state index < -0.39 is 0 Å². The Balaban J connectivity index is 1.68. The molecule has 4 N–H and O–H groups in total. The monoisotopic (exact) mass is 319 g/mol. The summed E-state index contributed by atoms with van der Waals surface area (Å²) in [5.41, 5.74) is 17.0. The van der Waals surface area contributed by atoms with E-state index in [0.29, 0.717) is 5.92 Å². The van der Waals surface area contributed by atoms with E-state index in [0.717, 1.165) is 83.1 Å². The Labute approximate surface area is 138 Å². The summed E-state index contributed by atoms with van der Waals surface area (Å²) in [4.78, 5) is 2.47. The number of rotatable bonds is 5. The average Bonchev–Trinajstić information content (AvgIpc) is 2.60. The molecule has 5 heteroatoms. The lowest BCUT2D eigenvalue weighted by atomic mass is 9.85. The van der Waals surface area contributed by atoms with Crippen LogP contribution < -0.4 is 11.5 Å². The molecule has 2 aliphatic rings. The second-order valence-corrected chi connectivity index (χ2v) is 6.58. The Morgan fingerprint density at radius 3 is 2.35 bits per heavy atom. The molecule has 5 nitrogen and oxygen atoms in total. The fourth-order valence-electron chi connectivity index (χ4n) is 3.75. The first kappa shape index (κ1) is 16.6. The maximum absolute atomic E-state index is 6.31. The number of morpholine rings is 1. The maximum Gasteiger partial charge on any atom is 0.0594 e. The first-order chi connectivity index (χ1) is 11.3. The quantitative estimate of drug-likeness (QED) is 0.812. The highest BCUT2D eigenvalue weighted by Crippen LogP contribution is 2.36. The highest BCUT2D eigenvalue weighted by atomic mass is 16.5. The second kappa shape index (κ2) is 7.99. The molecular formula is C18H29N3O2. The van der Waals surface area contributed by atoms with Gasteiger partial charge in [0.1, 0.15) is 0 Å². The Bertz CT molecular complexity index is 509. The van der Waals surface area contributed by atoms with Gasteiger partial charge in [-0.15, -0.1) is 0 Å². The molecule has 2 heterocycles. The molecule has 0 aliphatic carbocycles. The molecule has 2 aliphatic heterocycles. The average molecular weight is 319 g/mol. The third-order valence-electron chi connectivity index (χ3n) is 5.06. The topological polar surface area (TPSA) is 73.7 Å². The summed E-state index contributed by atoms with van der Waals surface area (Å²) in [6.45, 7) is 6.54. The molecule has 1 aromatic rings. The van der Waals surface area contributed by atoms with Crippen LogP contribution in [0.5, 0.6) is 0 Å². The van der Waals surface area contributed by atoms with E-state index in [9.17, 15) is 0 Å². The fourth-order valence-corrected chi connectivity index (χ4v) is 3.75. The number of anilines is 2. The molecule has 3 rings (SSSR count). The molecule has 0 radical (unpaired) electrons. The van der Waals surface area contributed by atoms with Crippen molar-refractivity contribution in [2.24, 2.45) is 0 Å². The first-order valence-corrected chi connectivity index (χ1v) is 8.80. The van der Waals surface area contributed by atoms with Crippen molar-refractivity contribution >= 4 is 11.4 Å². The number of nitrogens with two attached hydrogens (primary N) is 2. The third-order valence-corrected chi connectivity index (χ3v) is 5.06. The third kappa shape index (κ3) is 4.16. The fraction of sp³-hybridized carbons (Fsp3) is 0.667. The van der Waals surface area contributed by atoms with Crippen LogP contribution in [0.4, 0.5) is 11.4 Å². The number of nitrogens with zero attached hydrogens (tertiary/aromatic N) is 1. The van der Waals surface area contributed by atoms with Crippen LogP contribution in [0.25, 0.3) is 0 Å². The van der Waals surface area contributed by atoms with Gasteiger partial charge >= 0.3 is 0 Å². The highest BCUT2D eigenvalue weighted by Gasteiger charge is 2.22. The highest BCUT2D eigenvalue weighted by molar-refractivity contribution is 5.63. The van der Waals surface area contributed by atoms with E-state index in [1.165, 1.54) is 11.1 Å². The van der Waals surface area contributed by atoms with Crippen molar-refractivity contribution in [2.45, 2.75) is 31.6 Å². The van der Waals surface area contributed by atoms with Gasteiger partial charge in [0.2, 0.25) is 0 Å². The first-order valence-electron chi connectivity index (χ1n) is 8.80. The van der Waals surface area contributed by atoms with Crippen LogP contribution in [0.1, 0.15) is 36.3 Å². The number of benzene rings is 1. The number of hydrogen-bond acceptors (Lipinski definition) is 5. The van der Waals surface area contributed by atoms with E-state index in [4.69, 9.17) is 20.9 Å². The summed E-state index contributed by atoms with van der Waals surface area (Å²) in [7, 11) is 0. The van der Waals surface area contributed by atoms with Crippen LogP contribution in [0.15, 0.2) is 12.1 Å². The van der Waals surface area contributed by atoms with E-state index in [1.807, 2.05) is 12.1 Å². The van der Waals surface area contributed by atoms with Crippen LogP contribution in [0.3, 0.4) is 0 Å². The molecule has 0 atom stereocenters. The summed E-state index contributed by atoms with van der Waals surface area (Å²) < 4.78 is 10.9. The molecule has 0 unspecified atom stereocenters. The van der Waals surface area contributed by atoms with Crippen molar-refractivity contribution in [2.75, 3.05) is 57.5 Å². The van der Waals surface area contributed by atoms with Crippen molar-refractivity contribution in [1.29, 1.82) is 0 Å². The maximum atomic E-state index is 6.31. The van der Waals surface area contributed by atoms with Crippen molar-refractivity contribution < 1.29 is 9.47 Å².